The van der Waals surface area contributed by atoms with Crippen LogP contribution >= 0.6 is 0 Å². The lowest BCUT2D eigenvalue weighted by Crippen LogP contribution is -2.72. The highest BCUT2D eigenvalue weighted by Gasteiger charge is 2.73. The molecule has 1 spiro atoms. The summed E-state index contributed by atoms with van der Waals surface area (Å²) >= 11 is 0. The van der Waals surface area contributed by atoms with Crippen LogP contribution in [0.15, 0.2) is 36.4 Å². The maximum absolute atomic E-state index is 13.7. The van der Waals surface area contributed by atoms with Crippen molar-refractivity contribution in [2.75, 3.05) is 20.7 Å². The van der Waals surface area contributed by atoms with Gasteiger partial charge in [0.2, 0.25) is 0 Å². The van der Waals surface area contributed by atoms with Gasteiger partial charge in [-0.2, -0.15) is 0 Å². The molecule has 5 nitrogen and oxygen atoms in total. The lowest BCUT2D eigenvalue weighted by molar-refractivity contribution is -0.156. The molecule has 1 saturated heterocycles. The van der Waals surface area contributed by atoms with Crippen LogP contribution in [0.4, 0.5) is 0 Å². The summed E-state index contributed by atoms with van der Waals surface area (Å²) in [7, 11) is 3.85. The Morgan fingerprint density at radius 1 is 1.30 bits per heavy atom. The minimum atomic E-state index is -0.960. The fourth-order valence-electron chi connectivity index (χ4n) is 7.16. The van der Waals surface area contributed by atoms with Gasteiger partial charge < -0.3 is 19.5 Å². The number of methoxy groups -OCH3 is 1. The number of nitrogens with zero attached hydrogens (tertiary/aromatic N) is 1. The number of likely N-dealkylation sites (N-methyl/N-ethyl adjacent to an activating group) is 1. The van der Waals surface area contributed by atoms with E-state index in [4.69, 9.17) is 9.47 Å². The van der Waals surface area contributed by atoms with Crippen molar-refractivity contribution in [3.05, 3.63) is 53.1 Å². The van der Waals surface area contributed by atoms with Gasteiger partial charge in [-0.1, -0.05) is 30.3 Å². The molecule has 2 aliphatic carbocycles. The Balaban J connectivity index is 1.66. The zero-order valence-corrected chi connectivity index (χ0v) is 17.5. The van der Waals surface area contributed by atoms with Gasteiger partial charge in [0.25, 0.3) is 0 Å². The highest BCUT2D eigenvalue weighted by Crippen LogP contribution is 2.68. The van der Waals surface area contributed by atoms with Crippen LogP contribution in [0.2, 0.25) is 0 Å². The van der Waals surface area contributed by atoms with E-state index in [2.05, 4.69) is 24.1 Å². The predicted molar refractivity (Wildman–Crippen MR) is 112 cm³/mol. The van der Waals surface area contributed by atoms with Gasteiger partial charge in [-0.05, 0) is 44.3 Å². The first-order chi connectivity index (χ1) is 14.5. The van der Waals surface area contributed by atoms with Gasteiger partial charge in [0.15, 0.2) is 22.9 Å². The maximum Gasteiger partial charge on any atom is 0.181 e. The molecule has 2 aromatic rings. The van der Waals surface area contributed by atoms with Crippen molar-refractivity contribution in [3.8, 4) is 17.2 Å². The number of rotatable bonds is 3. The van der Waals surface area contributed by atoms with Gasteiger partial charge in [0, 0.05) is 36.1 Å². The summed E-state index contributed by atoms with van der Waals surface area (Å²) in [5.41, 5.74) is 1.89. The van der Waals surface area contributed by atoms with Crippen molar-refractivity contribution in [2.24, 2.45) is 5.92 Å². The highest BCUT2D eigenvalue weighted by atomic mass is 16.5. The molecule has 2 aliphatic heterocycles. The van der Waals surface area contributed by atoms with E-state index in [1.54, 1.807) is 13.2 Å². The molecule has 6 rings (SSSR count). The topological polar surface area (TPSA) is 59.0 Å². The summed E-state index contributed by atoms with van der Waals surface area (Å²) in [5.74, 6) is 1.82. The van der Waals surface area contributed by atoms with Crippen molar-refractivity contribution in [2.45, 2.75) is 49.2 Å². The summed E-state index contributed by atoms with van der Waals surface area (Å²) in [4.78, 5) is 16.2. The van der Waals surface area contributed by atoms with E-state index in [0.717, 1.165) is 42.5 Å². The van der Waals surface area contributed by atoms with Crippen LogP contribution in [-0.2, 0) is 23.1 Å². The highest BCUT2D eigenvalue weighted by molar-refractivity contribution is 5.94. The maximum atomic E-state index is 13.7. The van der Waals surface area contributed by atoms with Crippen molar-refractivity contribution in [1.29, 1.82) is 0 Å². The molecule has 30 heavy (non-hydrogen) atoms. The number of carbonyl (C=O) groups is 1. The molecule has 4 atom stereocenters. The number of carbonyl (C=O) groups excluding carboxylic acids is 1. The van der Waals surface area contributed by atoms with E-state index >= 15 is 0 Å². The van der Waals surface area contributed by atoms with Crippen molar-refractivity contribution in [3.63, 3.8) is 0 Å². The normalized spacial score (nSPS) is 33.7. The molecule has 2 heterocycles. The van der Waals surface area contributed by atoms with E-state index < -0.39 is 11.0 Å². The van der Waals surface area contributed by atoms with Crippen LogP contribution in [-0.4, -0.2) is 48.1 Å². The van der Waals surface area contributed by atoms with E-state index in [0.29, 0.717) is 36.3 Å². The van der Waals surface area contributed by atoms with Crippen molar-refractivity contribution >= 4 is 5.78 Å². The monoisotopic (exact) mass is 405 g/mol. The largest absolute Gasteiger partial charge is 0.504 e. The SMILES string of the molecule is COc1cc(O)c2c3c1C[C@@H]1[C@@H]4CCC(=O)[C@](Cc5ccccc5)(O2)[C@]34CCN1C. The third kappa shape index (κ3) is 1.99. The number of aromatic hydroxyl groups is 1. The van der Waals surface area contributed by atoms with Gasteiger partial charge in [0.05, 0.1) is 12.5 Å². The molecule has 2 aromatic carbocycles. The standard InChI is InChI=1S/C25H27NO4/c1-26-11-10-24-17-8-9-21(28)25(24,14-15-6-4-3-5-7-15)30-23-19(27)13-20(29-2)16(22(23)24)12-18(17)26/h3-7,13,17-18,27H,8-12,14H2,1-2H3/t17-,18+,24-,25-/m0/s1. The van der Waals surface area contributed by atoms with Crippen molar-refractivity contribution < 1.29 is 19.4 Å². The first-order valence-electron chi connectivity index (χ1n) is 10.9. The molecule has 0 aromatic heterocycles. The summed E-state index contributed by atoms with van der Waals surface area (Å²) in [6, 6.07) is 12.2. The van der Waals surface area contributed by atoms with Crippen LogP contribution in [0, 0.1) is 5.92 Å². The summed E-state index contributed by atoms with van der Waals surface area (Å²) in [6.45, 7) is 0.922. The number of phenols is 1. The van der Waals surface area contributed by atoms with Crippen LogP contribution < -0.4 is 9.47 Å². The van der Waals surface area contributed by atoms with Gasteiger partial charge in [-0.25, -0.2) is 0 Å². The number of hydrogen-bond donors (Lipinski definition) is 1. The Labute approximate surface area is 176 Å². The number of benzene rings is 2. The fraction of sp³-hybridized carbons (Fsp3) is 0.480. The van der Waals surface area contributed by atoms with Crippen LogP contribution in [0.3, 0.4) is 0 Å². The van der Waals surface area contributed by atoms with Crippen LogP contribution in [0.5, 0.6) is 17.2 Å². The number of Topliss-reactive ketones (excluding diaryl/α,β-unsaturated/α-hetero) is 1. The second-order valence-electron chi connectivity index (χ2n) is 9.41. The molecule has 0 amide bonds. The minimum absolute atomic E-state index is 0.0886. The molecule has 156 valence electrons. The van der Waals surface area contributed by atoms with Gasteiger partial charge in [0.1, 0.15) is 5.75 Å². The average molecular weight is 405 g/mol. The number of piperidine rings is 1. The Bertz CT molecular complexity index is 1050. The molecule has 4 aliphatic rings. The number of ketones is 1. The summed E-state index contributed by atoms with van der Waals surface area (Å²) in [5, 5.41) is 10.9. The average Bonchev–Trinajstić information content (AvgIpc) is 3.05. The molecule has 1 N–H and O–H groups in total. The summed E-state index contributed by atoms with van der Waals surface area (Å²) < 4.78 is 12.4. The molecule has 2 bridgehead atoms. The lowest BCUT2D eigenvalue weighted by atomic mass is 9.46. The number of hydrogen-bond acceptors (Lipinski definition) is 5. The zero-order valence-electron chi connectivity index (χ0n) is 17.5. The number of phenolic OH excluding ortho intramolecular Hbond substituents is 1. The number of ether oxygens (including phenoxy) is 2. The van der Waals surface area contributed by atoms with E-state index in [-0.39, 0.29) is 11.5 Å². The lowest BCUT2D eigenvalue weighted by Gasteiger charge is -2.61. The molecule has 5 heteroatoms. The van der Waals surface area contributed by atoms with E-state index in [9.17, 15) is 9.90 Å². The van der Waals surface area contributed by atoms with Crippen LogP contribution in [0.25, 0.3) is 0 Å². The predicted octanol–water partition coefficient (Wildman–Crippen LogP) is 3.25. The fourth-order valence-corrected chi connectivity index (χ4v) is 7.16. The van der Waals surface area contributed by atoms with Gasteiger partial charge in [-0.3, -0.25) is 4.79 Å². The van der Waals surface area contributed by atoms with Crippen molar-refractivity contribution in [1.82, 2.24) is 4.90 Å². The molecular formula is C25H27NO4. The second kappa shape index (κ2) is 6.01. The van der Waals surface area contributed by atoms with Gasteiger partial charge >= 0.3 is 0 Å². The Hall–Kier alpha value is -2.53. The van der Waals surface area contributed by atoms with Crippen LogP contribution in [0.1, 0.15) is 36.0 Å². The molecular weight excluding hydrogens is 378 g/mol. The Morgan fingerprint density at radius 3 is 2.87 bits per heavy atom. The number of likely N-dealkylation sites (tertiary alicyclic amines) is 1. The quantitative estimate of drug-likeness (QED) is 0.850. The first-order valence-corrected chi connectivity index (χ1v) is 10.9. The van der Waals surface area contributed by atoms with E-state index in [1.165, 1.54) is 0 Å². The third-order valence-electron chi connectivity index (χ3n) is 8.35. The molecule has 2 fully saturated rings. The summed E-state index contributed by atoms with van der Waals surface area (Å²) in [6.07, 6.45) is 3.68. The molecule has 0 unspecified atom stereocenters. The van der Waals surface area contributed by atoms with Gasteiger partial charge in [-0.15, -0.1) is 0 Å². The second-order valence-corrected chi connectivity index (χ2v) is 9.41. The minimum Gasteiger partial charge on any atom is -0.504 e. The van der Waals surface area contributed by atoms with E-state index in [1.807, 2.05) is 18.2 Å². The molecule has 1 saturated carbocycles. The smallest absolute Gasteiger partial charge is 0.181 e. The first kappa shape index (κ1) is 18.3. The Morgan fingerprint density at radius 2 is 2.10 bits per heavy atom. The molecule has 0 radical (unpaired) electrons. The zero-order chi connectivity index (χ0) is 20.7. The third-order valence-corrected chi connectivity index (χ3v) is 8.35. The Kier molecular flexibility index (Phi) is 3.65.